The number of halogens is 1. The number of hydrogen-bond donors (Lipinski definition) is 2. The highest BCUT2D eigenvalue weighted by Crippen LogP contribution is 2.22. The molecule has 0 atom stereocenters. The van der Waals surface area contributed by atoms with Crippen molar-refractivity contribution in [2.24, 2.45) is 4.99 Å². The zero-order chi connectivity index (χ0) is 21.6. The summed E-state index contributed by atoms with van der Waals surface area (Å²) in [5, 5.41) is 6.52. The molecule has 0 saturated carbocycles. The van der Waals surface area contributed by atoms with E-state index in [2.05, 4.69) is 65.6 Å². The molecule has 8 heteroatoms. The van der Waals surface area contributed by atoms with Crippen molar-refractivity contribution in [2.75, 3.05) is 13.1 Å². The highest BCUT2D eigenvalue weighted by molar-refractivity contribution is 14.0. The average Bonchev–Trinajstić information content (AvgIpc) is 3.34. The van der Waals surface area contributed by atoms with Gasteiger partial charge in [-0.15, -0.1) is 24.0 Å². The number of nitrogens with one attached hydrogen (secondary N) is 2. The van der Waals surface area contributed by atoms with Gasteiger partial charge in [0, 0.05) is 31.5 Å². The molecule has 2 heterocycles. The molecule has 1 saturated heterocycles. The number of aromatic nitrogens is 1. The molecular weight excluding hydrogens is 505 g/mol. The number of oxazole rings is 1. The maximum Gasteiger partial charge on any atom is 0.222 e. The Morgan fingerprint density at radius 3 is 2.48 bits per heavy atom. The zero-order valence-electron chi connectivity index (χ0n) is 18.9. The van der Waals surface area contributed by atoms with Crippen molar-refractivity contribution in [3.8, 4) is 0 Å². The quantitative estimate of drug-likeness (QED) is 0.316. The van der Waals surface area contributed by atoms with Gasteiger partial charge in [0.25, 0.3) is 0 Å². The Kier molecular flexibility index (Phi) is 9.33. The number of guanidine groups is 1. The average molecular weight is 539 g/mol. The van der Waals surface area contributed by atoms with Crippen LogP contribution in [0.1, 0.15) is 63.3 Å². The summed E-state index contributed by atoms with van der Waals surface area (Å²) in [5.41, 5.74) is 2.22. The van der Waals surface area contributed by atoms with Crippen LogP contribution in [-0.4, -0.2) is 34.8 Å². The molecule has 1 aromatic heterocycles. The van der Waals surface area contributed by atoms with Crippen molar-refractivity contribution in [1.82, 2.24) is 20.5 Å². The third-order valence-electron chi connectivity index (χ3n) is 5.03. The minimum absolute atomic E-state index is 0. The van der Waals surface area contributed by atoms with E-state index in [1.807, 2.05) is 11.8 Å². The molecular formula is C23H34IN5O2. The summed E-state index contributed by atoms with van der Waals surface area (Å²) >= 11 is 0. The molecule has 2 N–H and O–H groups in total. The third-order valence-corrected chi connectivity index (χ3v) is 5.03. The summed E-state index contributed by atoms with van der Waals surface area (Å²) in [7, 11) is 0. The van der Waals surface area contributed by atoms with E-state index >= 15 is 0 Å². The lowest BCUT2D eigenvalue weighted by Crippen LogP contribution is -2.36. The van der Waals surface area contributed by atoms with E-state index in [0.717, 1.165) is 42.4 Å². The van der Waals surface area contributed by atoms with Crippen molar-refractivity contribution in [3.63, 3.8) is 0 Å². The fourth-order valence-corrected chi connectivity index (χ4v) is 3.25. The Hall–Kier alpha value is -2.10. The van der Waals surface area contributed by atoms with Gasteiger partial charge in [0.1, 0.15) is 5.76 Å². The summed E-state index contributed by atoms with van der Waals surface area (Å²) in [6.45, 7) is 11.7. The monoisotopic (exact) mass is 539 g/mol. The van der Waals surface area contributed by atoms with Crippen LogP contribution in [0.15, 0.2) is 39.9 Å². The van der Waals surface area contributed by atoms with E-state index in [9.17, 15) is 4.79 Å². The number of carbonyl (C=O) groups excluding carboxylic acids is 1. The van der Waals surface area contributed by atoms with Crippen molar-refractivity contribution < 1.29 is 9.21 Å². The molecule has 1 fully saturated rings. The van der Waals surface area contributed by atoms with E-state index in [0.29, 0.717) is 31.9 Å². The second kappa shape index (κ2) is 11.5. The summed E-state index contributed by atoms with van der Waals surface area (Å²) in [6.07, 6.45) is 3.44. The second-order valence-corrected chi connectivity index (χ2v) is 8.65. The third kappa shape index (κ3) is 7.52. The van der Waals surface area contributed by atoms with Crippen molar-refractivity contribution >= 4 is 35.8 Å². The highest BCUT2D eigenvalue weighted by atomic mass is 127. The first-order chi connectivity index (χ1) is 14.3. The lowest BCUT2D eigenvalue weighted by atomic mass is 9.94. The Morgan fingerprint density at radius 1 is 1.19 bits per heavy atom. The maximum atomic E-state index is 11.8. The van der Waals surface area contributed by atoms with Gasteiger partial charge in [-0.05, 0) is 24.5 Å². The van der Waals surface area contributed by atoms with Crippen LogP contribution in [0.3, 0.4) is 0 Å². The SMILES string of the molecule is CCNC(=NCc1ccc(CN2CCCC2=O)cc1)NCc1ncc(C(C)(C)C)o1.I. The highest BCUT2D eigenvalue weighted by Gasteiger charge is 2.20. The van der Waals surface area contributed by atoms with Crippen LogP contribution in [0.25, 0.3) is 0 Å². The summed E-state index contributed by atoms with van der Waals surface area (Å²) in [6, 6.07) is 8.31. The number of rotatable bonds is 7. The molecule has 0 aliphatic carbocycles. The van der Waals surface area contributed by atoms with E-state index in [4.69, 9.17) is 4.42 Å². The van der Waals surface area contributed by atoms with E-state index in [-0.39, 0.29) is 35.3 Å². The molecule has 0 unspecified atom stereocenters. The van der Waals surface area contributed by atoms with Crippen LogP contribution >= 0.6 is 24.0 Å². The number of aliphatic imine (C=N–C) groups is 1. The van der Waals surface area contributed by atoms with Crippen molar-refractivity contribution in [1.29, 1.82) is 0 Å². The minimum Gasteiger partial charge on any atom is -0.443 e. The largest absolute Gasteiger partial charge is 0.443 e. The van der Waals surface area contributed by atoms with Crippen molar-refractivity contribution in [2.45, 2.75) is 65.6 Å². The Balaban J connectivity index is 0.00000341. The van der Waals surface area contributed by atoms with Gasteiger partial charge in [0.15, 0.2) is 5.96 Å². The van der Waals surface area contributed by atoms with E-state index in [1.54, 1.807) is 6.20 Å². The molecule has 1 amide bonds. The lowest BCUT2D eigenvalue weighted by molar-refractivity contribution is -0.128. The van der Waals surface area contributed by atoms with Crippen molar-refractivity contribution in [3.05, 3.63) is 53.2 Å². The standard InChI is InChI=1S/C23H33N5O2.HI/c1-5-24-22(27-15-20-25-14-19(30-20)23(2,3)4)26-13-17-8-10-18(11-9-17)16-28-12-6-7-21(28)29;/h8-11,14H,5-7,12-13,15-16H2,1-4H3,(H2,24,26,27);1H. The molecule has 0 spiro atoms. The van der Waals surface area contributed by atoms with Gasteiger partial charge < -0.3 is 20.0 Å². The van der Waals surface area contributed by atoms with Gasteiger partial charge >= 0.3 is 0 Å². The Bertz CT molecular complexity index is 871. The number of carbonyl (C=O) groups is 1. The first-order valence-corrected chi connectivity index (χ1v) is 10.7. The second-order valence-electron chi connectivity index (χ2n) is 8.65. The van der Waals surface area contributed by atoms with Crippen LogP contribution in [0, 0.1) is 0 Å². The van der Waals surface area contributed by atoms with Crippen LogP contribution in [0.4, 0.5) is 0 Å². The first kappa shape index (κ1) is 25.2. The molecule has 2 aromatic rings. The molecule has 0 bridgehead atoms. The molecule has 0 radical (unpaired) electrons. The minimum atomic E-state index is -0.0575. The summed E-state index contributed by atoms with van der Waals surface area (Å²) in [5.74, 6) is 2.49. The maximum absolute atomic E-state index is 11.8. The molecule has 1 aliphatic heterocycles. The number of nitrogens with zero attached hydrogens (tertiary/aromatic N) is 3. The Labute approximate surface area is 202 Å². The van der Waals surface area contributed by atoms with Crippen LogP contribution in [-0.2, 0) is 29.8 Å². The molecule has 1 aromatic carbocycles. The van der Waals surface area contributed by atoms with Gasteiger partial charge in [0.2, 0.25) is 11.8 Å². The Morgan fingerprint density at radius 2 is 1.90 bits per heavy atom. The fraction of sp³-hybridized carbons (Fsp3) is 0.522. The summed E-state index contributed by atoms with van der Waals surface area (Å²) in [4.78, 5) is 22.7. The topological polar surface area (TPSA) is 82.8 Å². The van der Waals surface area contributed by atoms with Gasteiger partial charge in [0.05, 0.1) is 19.3 Å². The number of likely N-dealkylation sites (tertiary alicyclic amines) is 1. The van der Waals surface area contributed by atoms with E-state index < -0.39 is 0 Å². The molecule has 7 nitrogen and oxygen atoms in total. The fourth-order valence-electron chi connectivity index (χ4n) is 3.25. The number of amides is 1. The van der Waals surface area contributed by atoms with Gasteiger partial charge in [-0.1, -0.05) is 45.0 Å². The zero-order valence-corrected chi connectivity index (χ0v) is 21.2. The molecule has 31 heavy (non-hydrogen) atoms. The molecule has 1 aliphatic rings. The molecule has 3 rings (SSSR count). The number of hydrogen-bond acceptors (Lipinski definition) is 4. The predicted molar refractivity (Wildman–Crippen MR) is 133 cm³/mol. The first-order valence-electron chi connectivity index (χ1n) is 10.7. The van der Waals surface area contributed by atoms with Gasteiger partial charge in [-0.25, -0.2) is 9.98 Å². The van der Waals surface area contributed by atoms with Crippen LogP contribution in [0.5, 0.6) is 0 Å². The molecule has 170 valence electrons. The van der Waals surface area contributed by atoms with Gasteiger partial charge in [-0.3, -0.25) is 4.79 Å². The van der Waals surface area contributed by atoms with Gasteiger partial charge in [-0.2, -0.15) is 0 Å². The van der Waals surface area contributed by atoms with E-state index in [1.165, 1.54) is 0 Å². The summed E-state index contributed by atoms with van der Waals surface area (Å²) < 4.78 is 5.83. The lowest BCUT2D eigenvalue weighted by Gasteiger charge is -2.15. The van der Waals surface area contributed by atoms with Crippen LogP contribution in [0.2, 0.25) is 0 Å². The number of benzene rings is 1. The normalized spacial score (nSPS) is 14.5. The smallest absolute Gasteiger partial charge is 0.222 e. The van der Waals surface area contributed by atoms with Crippen LogP contribution < -0.4 is 10.6 Å². The predicted octanol–water partition coefficient (Wildman–Crippen LogP) is 3.97.